The van der Waals surface area contributed by atoms with Crippen LogP contribution in [0.1, 0.15) is 18.4 Å². The van der Waals surface area contributed by atoms with Crippen molar-refractivity contribution in [3.05, 3.63) is 47.0 Å². The Hall–Kier alpha value is -1.59. The molecule has 1 atom stereocenters. The minimum Gasteiger partial charge on any atom is -0.378 e. The number of anilines is 1. The SMILES string of the molecule is Fc1cc(Cl)ccc1CNc1cnn(CC2CCCO2)c1. The molecule has 0 aliphatic carbocycles. The van der Waals surface area contributed by atoms with E-state index in [1.807, 2.05) is 10.9 Å². The average Bonchev–Trinajstić information content (AvgIpc) is 3.10. The quantitative estimate of drug-likeness (QED) is 0.919. The summed E-state index contributed by atoms with van der Waals surface area (Å²) in [5, 5.41) is 7.85. The molecule has 1 unspecified atom stereocenters. The zero-order valence-electron chi connectivity index (χ0n) is 11.6. The Labute approximate surface area is 127 Å². The number of rotatable bonds is 5. The number of aromatic nitrogens is 2. The minimum absolute atomic E-state index is 0.256. The van der Waals surface area contributed by atoms with Gasteiger partial charge in [-0.2, -0.15) is 5.10 Å². The molecule has 3 rings (SSSR count). The highest BCUT2D eigenvalue weighted by Gasteiger charge is 2.16. The molecule has 21 heavy (non-hydrogen) atoms. The van der Waals surface area contributed by atoms with Crippen molar-refractivity contribution < 1.29 is 9.13 Å². The Kier molecular flexibility index (Phi) is 4.41. The zero-order valence-corrected chi connectivity index (χ0v) is 12.3. The first-order valence-electron chi connectivity index (χ1n) is 7.02. The third-order valence-electron chi connectivity index (χ3n) is 3.55. The van der Waals surface area contributed by atoms with Gasteiger partial charge < -0.3 is 10.1 Å². The van der Waals surface area contributed by atoms with Gasteiger partial charge in [0.05, 0.1) is 24.5 Å². The van der Waals surface area contributed by atoms with Crippen molar-refractivity contribution in [3.8, 4) is 0 Å². The first-order valence-corrected chi connectivity index (χ1v) is 7.40. The third-order valence-corrected chi connectivity index (χ3v) is 3.78. The van der Waals surface area contributed by atoms with Gasteiger partial charge in [-0.15, -0.1) is 0 Å². The van der Waals surface area contributed by atoms with Gasteiger partial charge in [-0.1, -0.05) is 17.7 Å². The smallest absolute Gasteiger partial charge is 0.129 e. The highest BCUT2D eigenvalue weighted by molar-refractivity contribution is 6.30. The first-order chi connectivity index (χ1) is 10.2. The molecule has 1 saturated heterocycles. The summed E-state index contributed by atoms with van der Waals surface area (Å²) in [4.78, 5) is 0. The van der Waals surface area contributed by atoms with Gasteiger partial charge >= 0.3 is 0 Å². The van der Waals surface area contributed by atoms with E-state index in [4.69, 9.17) is 16.3 Å². The third kappa shape index (κ3) is 3.74. The van der Waals surface area contributed by atoms with Crippen LogP contribution in [0.25, 0.3) is 0 Å². The van der Waals surface area contributed by atoms with E-state index in [0.29, 0.717) is 17.1 Å². The summed E-state index contributed by atoms with van der Waals surface area (Å²) in [6.45, 7) is 2.00. The number of hydrogen-bond acceptors (Lipinski definition) is 3. The largest absolute Gasteiger partial charge is 0.378 e. The van der Waals surface area contributed by atoms with Crippen LogP contribution in [-0.4, -0.2) is 22.5 Å². The Morgan fingerprint density at radius 1 is 1.48 bits per heavy atom. The molecule has 1 aliphatic rings. The number of nitrogens with zero attached hydrogens (tertiary/aromatic N) is 2. The molecule has 0 radical (unpaired) electrons. The highest BCUT2D eigenvalue weighted by Crippen LogP contribution is 2.17. The summed E-state index contributed by atoms with van der Waals surface area (Å²) >= 11 is 5.73. The molecule has 1 N–H and O–H groups in total. The van der Waals surface area contributed by atoms with Crippen LogP contribution in [0.3, 0.4) is 0 Å². The van der Waals surface area contributed by atoms with Gasteiger partial charge in [0, 0.05) is 29.9 Å². The van der Waals surface area contributed by atoms with Crippen molar-refractivity contribution in [2.24, 2.45) is 0 Å². The standard InChI is InChI=1S/C15H17ClFN3O/c16-12-4-3-11(15(17)6-12)7-18-13-8-19-20(9-13)10-14-2-1-5-21-14/h3-4,6,8-9,14,18H,1-2,5,7,10H2. The van der Waals surface area contributed by atoms with E-state index < -0.39 is 0 Å². The topological polar surface area (TPSA) is 39.1 Å². The summed E-state index contributed by atoms with van der Waals surface area (Å²) in [6.07, 6.45) is 6.11. The van der Waals surface area contributed by atoms with Gasteiger partial charge in [-0.3, -0.25) is 4.68 Å². The van der Waals surface area contributed by atoms with E-state index in [0.717, 1.165) is 31.7 Å². The molecular weight excluding hydrogens is 293 g/mol. The van der Waals surface area contributed by atoms with Crippen LogP contribution in [-0.2, 0) is 17.8 Å². The maximum Gasteiger partial charge on any atom is 0.129 e. The van der Waals surface area contributed by atoms with E-state index >= 15 is 0 Å². The lowest BCUT2D eigenvalue weighted by molar-refractivity contribution is 0.0940. The molecule has 0 saturated carbocycles. The monoisotopic (exact) mass is 309 g/mol. The predicted octanol–water partition coefficient (Wildman–Crippen LogP) is 3.47. The number of benzene rings is 1. The summed E-state index contributed by atoms with van der Waals surface area (Å²) < 4.78 is 21.1. The highest BCUT2D eigenvalue weighted by atomic mass is 35.5. The number of nitrogens with one attached hydrogen (secondary N) is 1. The molecule has 4 nitrogen and oxygen atoms in total. The van der Waals surface area contributed by atoms with Gasteiger partial charge in [0.2, 0.25) is 0 Å². The van der Waals surface area contributed by atoms with Gasteiger partial charge in [-0.25, -0.2) is 4.39 Å². The fourth-order valence-electron chi connectivity index (χ4n) is 2.41. The van der Waals surface area contributed by atoms with Crippen LogP contribution in [0.4, 0.5) is 10.1 Å². The van der Waals surface area contributed by atoms with Gasteiger partial charge in [0.1, 0.15) is 5.82 Å². The molecule has 0 amide bonds. The van der Waals surface area contributed by atoms with Crippen molar-refractivity contribution in [3.63, 3.8) is 0 Å². The van der Waals surface area contributed by atoms with Crippen molar-refractivity contribution in [1.29, 1.82) is 0 Å². The summed E-state index contributed by atoms with van der Waals surface area (Å²) in [5.74, 6) is -0.304. The zero-order chi connectivity index (χ0) is 14.7. The second-order valence-corrected chi connectivity index (χ2v) is 5.61. The summed E-state index contributed by atoms with van der Waals surface area (Å²) in [6, 6.07) is 4.68. The Bertz CT molecular complexity index is 611. The number of hydrogen-bond donors (Lipinski definition) is 1. The molecule has 0 spiro atoms. The molecule has 6 heteroatoms. The fourth-order valence-corrected chi connectivity index (χ4v) is 2.57. The normalized spacial score (nSPS) is 18.1. The lowest BCUT2D eigenvalue weighted by atomic mass is 10.2. The lowest BCUT2D eigenvalue weighted by Crippen LogP contribution is -2.15. The Morgan fingerprint density at radius 3 is 3.14 bits per heavy atom. The van der Waals surface area contributed by atoms with Gasteiger partial charge in [0.25, 0.3) is 0 Å². The second-order valence-electron chi connectivity index (χ2n) is 5.18. The van der Waals surface area contributed by atoms with Crippen LogP contribution < -0.4 is 5.32 Å². The molecule has 1 aromatic carbocycles. The molecule has 1 fully saturated rings. The van der Waals surface area contributed by atoms with Crippen molar-refractivity contribution >= 4 is 17.3 Å². The molecule has 1 aromatic heterocycles. The van der Waals surface area contributed by atoms with E-state index in [9.17, 15) is 4.39 Å². The van der Waals surface area contributed by atoms with E-state index in [-0.39, 0.29) is 11.9 Å². The number of ether oxygens (including phenoxy) is 1. The predicted molar refractivity (Wildman–Crippen MR) is 79.9 cm³/mol. The van der Waals surface area contributed by atoms with Crippen molar-refractivity contribution in [2.45, 2.75) is 32.0 Å². The molecule has 2 heterocycles. The van der Waals surface area contributed by atoms with Gasteiger partial charge in [-0.05, 0) is 25.0 Å². The van der Waals surface area contributed by atoms with Crippen LogP contribution in [0.15, 0.2) is 30.6 Å². The van der Waals surface area contributed by atoms with E-state index in [1.165, 1.54) is 6.07 Å². The van der Waals surface area contributed by atoms with E-state index in [2.05, 4.69) is 10.4 Å². The maximum atomic E-state index is 13.7. The second kappa shape index (κ2) is 6.45. The Morgan fingerprint density at radius 2 is 2.38 bits per heavy atom. The van der Waals surface area contributed by atoms with Crippen LogP contribution in [0.2, 0.25) is 5.02 Å². The Balaban J connectivity index is 1.56. The maximum absolute atomic E-state index is 13.7. The fraction of sp³-hybridized carbons (Fsp3) is 0.400. The van der Waals surface area contributed by atoms with Gasteiger partial charge in [0.15, 0.2) is 0 Å². The van der Waals surface area contributed by atoms with Crippen LogP contribution in [0.5, 0.6) is 0 Å². The van der Waals surface area contributed by atoms with Crippen molar-refractivity contribution in [1.82, 2.24) is 9.78 Å². The average molecular weight is 310 g/mol. The van der Waals surface area contributed by atoms with Crippen LogP contribution >= 0.6 is 11.6 Å². The summed E-state index contributed by atoms with van der Waals surface area (Å²) in [7, 11) is 0. The first kappa shape index (κ1) is 14.4. The molecule has 2 aromatic rings. The number of halogens is 2. The molecular formula is C15H17ClFN3O. The van der Waals surface area contributed by atoms with E-state index in [1.54, 1.807) is 18.3 Å². The minimum atomic E-state index is -0.304. The summed E-state index contributed by atoms with van der Waals surface area (Å²) in [5.41, 5.74) is 1.44. The molecule has 1 aliphatic heterocycles. The van der Waals surface area contributed by atoms with Crippen molar-refractivity contribution in [2.75, 3.05) is 11.9 Å². The molecule has 0 bridgehead atoms. The molecule has 112 valence electrons. The lowest BCUT2D eigenvalue weighted by Gasteiger charge is -2.08. The van der Waals surface area contributed by atoms with Crippen LogP contribution in [0, 0.1) is 5.82 Å².